The molecule has 1 unspecified atom stereocenters. The molecule has 1 aliphatic rings. The highest BCUT2D eigenvalue weighted by atomic mass is 16.3. The van der Waals surface area contributed by atoms with Crippen molar-refractivity contribution >= 4 is 5.91 Å². The molecular weight excluding hydrogens is 180 g/mol. The number of quaternary nitrogens is 1. The zero-order chi connectivity index (χ0) is 10.8. The highest BCUT2D eigenvalue weighted by molar-refractivity contribution is 5.73. The Kier molecular flexibility index (Phi) is 3.50. The predicted molar refractivity (Wildman–Crippen MR) is 54.7 cm³/mol. The van der Waals surface area contributed by atoms with Crippen LogP contribution in [-0.4, -0.2) is 66.8 Å². The molecule has 1 saturated heterocycles. The standard InChI is InChI=1S/C10H21N2O2/c1-9(14)11-5-4-10(8-11)12(2,3)6-7-13/h10,13H,4-8H2,1-3H3/q+1. The van der Waals surface area contributed by atoms with Crippen LogP contribution >= 0.6 is 0 Å². The number of aliphatic hydroxyl groups is 1. The van der Waals surface area contributed by atoms with Gasteiger partial charge in [-0.25, -0.2) is 0 Å². The smallest absolute Gasteiger partial charge is 0.219 e. The Labute approximate surface area is 85.7 Å². The van der Waals surface area contributed by atoms with Crippen LogP contribution in [0.1, 0.15) is 13.3 Å². The summed E-state index contributed by atoms with van der Waals surface area (Å²) in [6, 6.07) is 0.478. The molecular formula is C10H21N2O2+. The Morgan fingerprint density at radius 2 is 2.21 bits per heavy atom. The van der Waals surface area contributed by atoms with Crippen LogP contribution in [0.3, 0.4) is 0 Å². The van der Waals surface area contributed by atoms with E-state index in [0.717, 1.165) is 30.5 Å². The minimum atomic E-state index is 0.163. The molecule has 1 aliphatic heterocycles. The van der Waals surface area contributed by atoms with Gasteiger partial charge in [0.05, 0.1) is 27.2 Å². The molecule has 4 nitrogen and oxygen atoms in total. The third kappa shape index (κ3) is 2.45. The summed E-state index contributed by atoms with van der Waals surface area (Å²) >= 11 is 0. The molecule has 0 aromatic rings. The van der Waals surface area contributed by atoms with Crippen LogP contribution in [0.25, 0.3) is 0 Å². The first-order valence-electron chi connectivity index (χ1n) is 5.16. The summed E-state index contributed by atoms with van der Waals surface area (Å²) in [5.74, 6) is 0.163. The third-order valence-electron chi connectivity index (χ3n) is 3.27. The van der Waals surface area contributed by atoms with Gasteiger partial charge in [-0.1, -0.05) is 0 Å². The molecule has 0 spiro atoms. The van der Waals surface area contributed by atoms with Gasteiger partial charge in [0.15, 0.2) is 0 Å². The van der Waals surface area contributed by atoms with Crippen molar-refractivity contribution in [1.82, 2.24) is 4.90 Å². The third-order valence-corrected chi connectivity index (χ3v) is 3.27. The van der Waals surface area contributed by atoms with Crippen molar-refractivity contribution in [2.75, 3.05) is 40.3 Å². The molecule has 14 heavy (non-hydrogen) atoms. The van der Waals surface area contributed by atoms with E-state index < -0.39 is 0 Å². The molecule has 0 aromatic heterocycles. The van der Waals surface area contributed by atoms with Crippen LogP contribution in [0.4, 0.5) is 0 Å². The lowest BCUT2D eigenvalue weighted by atomic mass is 10.2. The van der Waals surface area contributed by atoms with Crippen LogP contribution < -0.4 is 0 Å². The van der Waals surface area contributed by atoms with E-state index in [4.69, 9.17) is 5.11 Å². The predicted octanol–water partition coefficient (Wildman–Crippen LogP) is -0.324. The van der Waals surface area contributed by atoms with Crippen molar-refractivity contribution in [2.24, 2.45) is 0 Å². The lowest BCUT2D eigenvalue weighted by molar-refractivity contribution is -0.913. The van der Waals surface area contributed by atoms with Gasteiger partial charge < -0.3 is 14.5 Å². The fourth-order valence-corrected chi connectivity index (χ4v) is 2.04. The monoisotopic (exact) mass is 201 g/mol. The molecule has 0 aliphatic carbocycles. The maximum absolute atomic E-state index is 11.1. The first kappa shape index (κ1) is 11.5. The van der Waals surface area contributed by atoms with Gasteiger partial charge in [-0.2, -0.15) is 0 Å². The number of rotatable bonds is 3. The van der Waals surface area contributed by atoms with Crippen molar-refractivity contribution in [3.63, 3.8) is 0 Å². The Balaban J connectivity index is 2.52. The molecule has 82 valence electrons. The van der Waals surface area contributed by atoms with E-state index in [-0.39, 0.29) is 12.5 Å². The van der Waals surface area contributed by atoms with E-state index >= 15 is 0 Å². The van der Waals surface area contributed by atoms with Crippen molar-refractivity contribution in [2.45, 2.75) is 19.4 Å². The summed E-state index contributed by atoms with van der Waals surface area (Å²) in [6.45, 7) is 4.30. The number of nitrogens with zero attached hydrogens (tertiary/aromatic N) is 2. The van der Waals surface area contributed by atoms with Crippen molar-refractivity contribution in [3.05, 3.63) is 0 Å². The lowest BCUT2D eigenvalue weighted by Crippen LogP contribution is -2.51. The Bertz CT molecular complexity index is 216. The van der Waals surface area contributed by atoms with Crippen molar-refractivity contribution < 1.29 is 14.4 Å². The summed E-state index contributed by atoms with van der Waals surface area (Å²) < 4.78 is 0.806. The minimum absolute atomic E-state index is 0.163. The second-order valence-electron chi connectivity index (χ2n) is 4.63. The number of aliphatic hydroxyl groups excluding tert-OH is 1. The number of amides is 1. The minimum Gasteiger partial charge on any atom is -0.391 e. The SMILES string of the molecule is CC(=O)N1CCC([N+](C)(C)CCO)C1. The summed E-state index contributed by atoms with van der Waals surface area (Å²) in [7, 11) is 4.23. The number of carbonyl (C=O) groups is 1. The van der Waals surface area contributed by atoms with Gasteiger partial charge in [0.25, 0.3) is 0 Å². The molecule has 1 atom stereocenters. The van der Waals surface area contributed by atoms with E-state index in [1.54, 1.807) is 6.92 Å². The van der Waals surface area contributed by atoms with Gasteiger partial charge in [0.1, 0.15) is 12.6 Å². The normalized spacial score (nSPS) is 22.9. The first-order chi connectivity index (χ1) is 6.47. The Hall–Kier alpha value is -0.610. The maximum atomic E-state index is 11.1. The van der Waals surface area contributed by atoms with E-state index in [9.17, 15) is 4.79 Å². The van der Waals surface area contributed by atoms with E-state index in [2.05, 4.69) is 14.1 Å². The molecule has 1 fully saturated rings. The van der Waals surface area contributed by atoms with E-state index in [1.807, 2.05) is 4.90 Å². The topological polar surface area (TPSA) is 40.5 Å². The lowest BCUT2D eigenvalue weighted by Gasteiger charge is -2.35. The number of likely N-dealkylation sites (N-methyl/N-ethyl adjacent to an activating group) is 1. The first-order valence-corrected chi connectivity index (χ1v) is 5.16. The summed E-state index contributed by atoms with van der Waals surface area (Å²) in [4.78, 5) is 13.0. The zero-order valence-corrected chi connectivity index (χ0v) is 9.36. The highest BCUT2D eigenvalue weighted by Crippen LogP contribution is 2.19. The van der Waals surface area contributed by atoms with Crippen LogP contribution in [-0.2, 0) is 4.79 Å². The molecule has 1 rings (SSSR count). The van der Waals surface area contributed by atoms with Crippen LogP contribution in [0.2, 0.25) is 0 Å². The summed E-state index contributed by atoms with van der Waals surface area (Å²) in [6.07, 6.45) is 1.05. The number of hydrogen-bond acceptors (Lipinski definition) is 2. The van der Waals surface area contributed by atoms with Crippen LogP contribution in [0.15, 0.2) is 0 Å². The fraction of sp³-hybridized carbons (Fsp3) is 0.900. The largest absolute Gasteiger partial charge is 0.391 e. The second kappa shape index (κ2) is 4.28. The molecule has 0 saturated carbocycles. The van der Waals surface area contributed by atoms with Gasteiger partial charge >= 0.3 is 0 Å². The maximum Gasteiger partial charge on any atom is 0.219 e. The van der Waals surface area contributed by atoms with Crippen LogP contribution in [0.5, 0.6) is 0 Å². The molecule has 1 heterocycles. The second-order valence-corrected chi connectivity index (χ2v) is 4.63. The average molecular weight is 201 g/mol. The molecule has 0 bridgehead atoms. The number of hydrogen-bond donors (Lipinski definition) is 1. The number of carbonyl (C=O) groups excluding carboxylic acids is 1. The molecule has 1 N–H and O–H groups in total. The van der Waals surface area contributed by atoms with Crippen LogP contribution in [0, 0.1) is 0 Å². The van der Waals surface area contributed by atoms with Gasteiger partial charge in [-0.05, 0) is 0 Å². The van der Waals surface area contributed by atoms with Gasteiger partial charge in [-0.15, -0.1) is 0 Å². The quantitative estimate of drug-likeness (QED) is 0.636. The van der Waals surface area contributed by atoms with Gasteiger partial charge in [0, 0.05) is 19.9 Å². The molecule has 1 amide bonds. The number of likely N-dealkylation sites (tertiary alicyclic amines) is 1. The molecule has 0 aromatic carbocycles. The molecule has 4 heteroatoms. The highest BCUT2D eigenvalue weighted by Gasteiger charge is 2.35. The Morgan fingerprint density at radius 3 is 2.64 bits per heavy atom. The average Bonchev–Trinajstić information content (AvgIpc) is 2.51. The summed E-state index contributed by atoms with van der Waals surface area (Å²) in [5, 5.41) is 8.94. The van der Waals surface area contributed by atoms with E-state index in [0.29, 0.717) is 6.04 Å². The van der Waals surface area contributed by atoms with Crippen molar-refractivity contribution in [1.29, 1.82) is 0 Å². The van der Waals surface area contributed by atoms with E-state index in [1.165, 1.54) is 0 Å². The Morgan fingerprint density at radius 1 is 1.57 bits per heavy atom. The summed E-state index contributed by atoms with van der Waals surface area (Å²) in [5.41, 5.74) is 0. The van der Waals surface area contributed by atoms with Crippen molar-refractivity contribution in [3.8, 4) is 0 Å². The zero-order valence-electron chi connectivity index (χ0n) is 9.36. The van der Waals surface area contributed by atoms with Gasteiger partial charge in [0.2, 0.25) is 5.91 Å². The fourth-order valence-electron chi connectivity index (χ4n) is 2.04. The molecule has 0 radical (unpaired) electrons. The van der Waals surface area contributed by atoms with Gasteiger partial charge in [-0.3, -0.25) is 4.79 Å².